The third kappa shape index (κ3) is 2.80. The average molecular weight is 374 g/mol. The van der Waals surface area contributed by atoms with Crippen molar-refractivity contribution in [2.45, 2.75) is 20.4 Å². The highest BCUT2D eigenvalue weighted by Gasteiger charge is 2.17. The van der Waals surface area contributed by atoms with Crippen molar-refractivity contribution in [1.82, 2.24) is 4.57 Å². The molecule has 2 aromatic carbocycles. The summed E-state index contributed by atoms with van der Waals surface area (Å²) in [5.41, 5.74) is 3.21. The summed E-state index contributed by atoms with van der Waals surface area (Å²) < 4.78 is 2.18. The van der Waals surface area contributed by atoms with E-state index >= 15 is 0 Å². The molecule has 4 rings (SSSR count). The summed E-state index contributed by atoms with van der Waals surface area (Å²) in [5.74, 6) is -0.271. The SMILES string of the molecule is CCn1c2ccc(C(=O)C(C)=N)cc2c2cc(C(=O)c3cccs3)ccc21. The first-order chi connectivity index (χ1) is 13.0. The third-order valence-electron chi connectivity index (χ3n) is 4.79. The van der Waals surface area contributed by atoms with Gasteiger partial charge in [-0.05, 0) is 61.7 Å². The number of thiophene rings is 1. The molecule has 27 heavy (non-hydrogen) atoms. The second kappa shape index (κ2) is 6.59. The van der Waals surface area contributed by atoms with Crippen molar-refractivity contribution in [3.63, 3.8) is 0 Å². The Morgan fingerprint density at radius 1 is 1.00 bits per heavy atom. The van der Waals surface area contributed by atoms with Crippen LogP contribution in [0.1, 0.15) is 39.4 Å². The van der Waals surface area contributed by atoms with Gasteiger partial charge in [-0.2, -0.15) is 0 Å². The molecule has 0 aliphatic rings. The molecular formula is C22H18N2O2S. The van der Waals surface area contributed by atoms with E-state index in [2.05, 4.69) is 11.5 Å². The minimum absolute atomic E-state index is 0.00636. The predicted molar refractivity (Wildman–Crippen MR) is 111 cm³/mol. The van der Waals surface area contributed by atoms with Gasteiger partial charge >= 0.3 is 0 Å². The van der Waals surface area contributed by atoms with E-state index in [1.165, 1.54) is 18.3 Å². The van der Waals surface area contributed by atoms with Gasteiger partial charge in [-0.25, -0.2) is 0 Å². The number of hydrogen-bond acceptors (Lipinski definition) is 4. The zero-order chi connectivity index (χ0) is 19.1. The van der Waals surface area contributed by atoms with E-state index in [0.717, 1.165) is 28.4 Å². The molecule has 0 unspecified atom stereocenters. The van der Waals surface area contributed by atoms with Gasteiger partial charge in [0.25, 0.3) is 0 Å². The number of nitrogens with one attached hydrogen (secondary N) is 1. The van der Waals surface area contributed by atoms with Crippen LogP contribution in [0, 0.1) is 5.41 Å². The molecule has 0 saturated heterocycles. The molecule has 4 aromatic rings. The van der Waals surface area contributed by atoms with Crippen molar-refractivity contribution in [1.29, 1.82) is 5.41 Å². The lowest BCUT2D eigenvalue weighted by atomic mass is 10.0. The quantitative estimate of drug-likeness (QED) is 0.379. The summed E-state index contributed by atoms with van der Waals surface area (Å²) >= 11 is 1.43. The number of hydrogen-bond donors (Lipinski definition) is 1. The summed E-state index contributed by atoms with van der Waals surface area (Å²) in [7, 11) is 0. The number of ketones is 2. The maximum atomic E-state index is 12.7. The molecular weight excluding hydrogens is 356 g/mol. The molecule has 5 heteroatoms. The first-order valence-electron chi connectivity index (χ1n) is 8.75. The minimum atomic E-state index is -0.278. The van der Waals surface area contributed by atoms with Gasteiger partial charge in [-0.3, -0.25) is 9.59 Å². The van der Waals surface area contributed by atoms with Crippen LogP contribution in [0.4, 0.5) is 0 Å². The number of carbonyl (C=O) groups excluding carboxylic acids is 2. The van der Waals surface area contributed by atoms with Crippen molar-refractivity contribution >= 4 is 50.4 Å². The molecule has 0 amide bonds. The Labute approximate surface area is 160 Å². The fourth-order valence-corrected chi connectivity index (χ4v) is 4.18. The van der Waals surface area contributed by atoms with Crippen LogP contribution in [0.15, 0.2) is 53.9 Å². The zero-order valence-corrected chi connectivity index (χ0v) is 15.9. The van der Waals surface area contributed by atoms with Gasteiger partial charge in [0.1, 0.15) is 0 Å². The molecule has 0 radical (unpaired) electrons. The summed E-state index contributed by atoms with van der Waals surface area (Å²) in [4.78, 5) is 25.7. The number of rotatable bonds is 5. The maximum absolute atomic E-state index is 12.7. The molecule has 0 aliphatic heterocycles. The Bertz CT molecular complexity index is 1220. The molecule has 0 atom stereocenters. The Kier molecular flexibility index (Phi) is 4.24. The highest BCUT2D eigenvalue weighted by Crippen LogP contribution is 2.31. The fourth-order valence-electron chi connectivity index (χ4n) is 3.49. The number of aromatic nitrogens is 1. The van der Waals surface area contributed by atoms with Crippen LogP contribution in [0.5, 0.6) is 0 Å². The smallest absolute Gasteiger partial charge is 0.206 e. The van der Waals surface area contributed by atoms with E-state index in [9.17, 15) is 9.59 Å². The van der Waals surface area contributed by atoms with Crippen LogP contribution in [0.25, 0.3) is 21.8 Å². The standard InChI is InChI=1S/C22H18N2O2S/c1-3-24-18-8-6-14(21(25)13(2)23)11-16(18)17-12-15(7-9-19(17)24)22(26)20-5-4-10-27-20/h4-12,23H,3H2,1-2H3. The fraction of sp³-hybridized carbons (Fsp3) is 0.136. The number of carbonyl (C=O) groups is 2. The predicted octanol–water partition coefficient (Wildman–Crippen LogP) is 5.33. The lowest BCUT2D eigenvalue weighted by Crippen LogP contribution is -2.08. The number of nitrogens with zero attached hydrogens (tertiary/aromatic N) is 1. The van der Waals surface area contributed by atoms with Crippen molar-refractivity contribution in [2.24, 2.45) is 0 Å². The molecule has 2 heterocycles. The van der Waals surface area contributed by atoms with Crippen molar-refractivity contribution < 1.29 is 9.59 Å². The number of benzene rings is 2. The van der Waals surface area contributed by atoms with Gasteiger partial charge in [-0.1, -0.05) is 6.07 Å². The lowest BCUT2D eigenvalue weighted by Gasteiger charge is -2.04. The van der Waals surface area contributed by atoms with E-state index in [4.69, 9.17) is 5.41 Å². The number of fused-ring (bicyclic) bond motifs is 3. The first-order valence-corrected chi connectivity index (χ1v) is 9.63. The normalized spacial score (nSPS) is 11.2. The topological polar surface area (TPSA) is 62.9 Å². The summed E-state index contributed by atoms with van der Waals surface area (Å²) in [6, 6.07) is 15.0. The van der Waals surface area contributed by atoms with E-state index in [1.54, 1.807) is 6.07 Å². The van der Waals surface area contributed by atoms with E-state index in [1.807, 2.05) is 47.8 Å². The zero-order valence-electron chi connectivity index (χ0n) is 15.1. The van der Waals surface area contributed by atoms with Crippen LogP contribution in [0.3, 0.4) is 0 Å². The molecule has 0 spiro atoms. The van der Waals surface area contributed by atoms with Gasteiger partial charge in [0.2, 0.25) is 11.6 Å². The molecule has 1 N–H and O–H groups in total. The molecule has 4 nitrogen and oxygen atoms in total. The maximum Gasteiger partial charge on any atom is 0.206 e. The second-order valence-corrected chi connectivity index (χ2v) is 7.42. The van der Waals surface area contributed by atoms with Gasteiger partial charge in [0.15, 0.2) is 0 Å². The number of aryl methyl sites for hydroxylation is 1. The molecule has 0 saturated carbocycles. The molecule has 0 aliphatic carbocycles. The van der Waals surface area contributed by atoms with Crippen molar-refractivity contribution in [2.75, 3.05) is 0 Å². The molecule has 0 bridgehead atoms. The molecule has 2 aromatic heterocycles. The van der Waals surface area contributed by atoms with Gasteiger partial charge in [-0.15, -0.1) is 11.3 Å². The van der Waals surface area contributed by atoms with Gasteiger partial charge in [0, 0.05) is 39.5 Å². The Hall–Kier alpha value is -3.05. The Morgan fingerprint density at radius 2 is 1.63 bits per heavy atom. The van der Waals surface area contributed by atoms with Gasteiger partial charge in [0.05, 0.1) is 10.6 Å². The van der Waals surface area contributed by atoms with Crippen LogP contribution < -0.4 is 0 Å². The first kappa shape index (κ1) is 17.4. The Balaban J connectivity index is 1.96. The van der Waals surface area contributed by atoms with Crippen LogP contribution >= 0.6 is 11.3 Å². The van der Waals surface area contributed by atoms with Crippen molar-refractivity contribution in [3.8, 4) is 0 Å². The Morgan fingerprint density at radius 3 is 2.19 bits per heavy atom. The van der Waals surface area contributed by atoms with Crippen LogP contribution in [-0.2, 0) is 6.54 Å². The second-order valence-electron chi connectivity index (χ2n) is 6.47. The molecule has 134 valence electrons. The van der Waals surface area contributed by atoms with Gasteiger partial charge < -0.3 is 9.98 Å². The largest absolute Gasteiger partial charge is 0.341 e. The highest BCUT2D eigenvalue weighted by molar-refractivity contribution is 7.12. The monoisotopic (exact) mass is 374 g/mol. The van der Waals surface area contributed by atoms with Crippen LogP contribution in [0.2, 0.25) is 0 Å². The summed E-state index contributed by atoms with van der Waals surface area (Å²) in [6.45, 7) is 4.36. The summed E-state index contributed by atoms with van der Waals surface area (Å²) in [5, 5.41) is 11.4. The summed E-state index contributed by atoms with van der Waals surface area (Å²) in [6.07, 6.45) is 0. The van der Waals surface area contributed by atoms with E-state index in [0.29, 0.717) is 16.0 Å². The molecule has 0 fully saturated rings. The number of Topliss-reactive ketones (excluding diaryl/α,β-unsaturated/α-hetero) is 1. The highest BCUT2D eigenvalue weighted by atomic mass is 32.1. The average Bonchev–Trinajstić information content (AvgIpc) is 3.32. The van der Waals surface area contributed by atoms with Crippen LogP contribution in [-0.4, -0.2) is 21.8 Å². The van der Waals surface area contributed by atoms with E-state index in [-0.39, 0.29) is 17.3 Å². The lowest BCUT2D eigenvalue weighted by molar-refractivity contribution is 0.104. The minimum Gasteiger partial charge on any atom is -0.341 e. The third-order valence-corrected chi connectivity index (χ3v) is 5.66. The van der Waals surface area contributed by atoms with Crippen molar-refractivity contribution in [3.05, 3.63) is 69.9 Å². The van der Waals surface area contributed by atoms with E-state index < -0.39 is 0 Å².